The van der Waals surface area contributed by atoms with Crippen LogP contribution in [-0.4, -0.2) is 68.8 Å². The van der Waals surface area contributed by atoms with Gasteiger partial charge in [0.15, 0.2) is 0 Å². The number of benzene rings is 2. The SMILES string of the molecule is CCC(C)C(N)C(=O)NC(Cc1c[nH]c2ccccc12)C(=O)NC(Cc1c[nH]c2ccccc12)C(=O)NC(CC(N)=O)C(=O)O. The Balaban J connectivity index is 1.65. The largest absolute Gasteiger partial charge is 0.480 e. The first kappa shape index (κ1) is 32.7. The van der Waals surface area contributed by atoms with Crippen LogP contribution in [0.15, 0.2) is 60.9 Å². The van der Waals surface area contributed by atoms with Crippen molar-refractivity contribution in [1.82, 2.24) is 25.9 Å². The fourth-order valence-electron chi connectivity index (χ4n) is 5.19. The van der Waals surface area contributed by atoms with Crippen molar-refractivity contribution in [2.75, 3.05) is 0 Å². The van der Waals surface area contributed by atoms with Crippen LogP contribution in [0.3, 0.4) is 0 Å². The molecule has 0 aliphatic carbocycles. The van der Waals surface area contributed by atoms with Gasteiger partial charge in [0.05, 0.1) is 12.5 Å². The smallest absolute Gasteiger partial charge is 0.326 e. The van der Waals surface area contributed by atoms with E-state index in [1.807, 2.05) is 62.4 Å². The fraction of sp³-hybridized carbons (Fsp3) is 0.344. The predicted octanol–water partition coefficient (Wildman–Crippen LogP) is 1.22. The lowest BCUT2D eigenvalue weighted by Gasteiger charge is -2.26. The van der Waals surface area contributed by atoms with E-state index in [4.69, 9.17) is 11.5 Å². The number of hydrogen-bond acceptors (Lipinski definition) is 6. The van der Waals surface area contributed by atoms with Crippen LogP contribution in [0, 0.1) is 5.92 Å². The predicted molar refractivity (Wildman–Crippen MR) is 169 cm³/mol. The zero-order chi connectivity index (χ0) is 32.7. The quantitative estimate of drug-likeness (QED) is 0.0972. The number of nitrogens with one attached hydrogen (secondary N) is 5. The van der Waals surface area contributed by atoms with E-state index in [9.17, 15) is 29.1 Å². The second-order valence-electron chi connectivity index (χ2n) is 11.2. The fourth-order valence-corrected chi connectivity index (χ4v) is 5.19. The molecule has 0 saturated heterocycles. The minimum absolute atomic E-state index is 0.0232. The van der Waals surface area contributed by atoms with E-state index >= 15 is 0 Å². The summed E-state index contributed by atoms with van der Waals surface area (Å²) in [4.78, 5) is 70.2. The molecule has 13 nitrogen and oxygen atoms in total. The Labute approximate surface area is 259 Å². The van der Waals surface area contributed by atoms with Gasteiger partial charge in [-0.05, 0) is 29.2 Å². The molecule has 5 atom stereocenters. The number of nitrogens with two attached hydrogens (primary N) is 2. The number of aromatic nitrogens is 2. The Hall–Kier alpha value is -5.17. The molecule has 0 saturated carbocycles. The Morgan fingerprint density at radius 1 is 0.756 bits per heavy atom. The molecular formula is C32H39N7O6. The number of carbonyl (C=O) groups excluding carboxylic acids is 4. The number of aliphatic carboxylic acids is 1. The lowest BCUT2D eigenvalue weighted by Crippen LogP contribution is -2.58. The van der Waals surface area contributed by atoms with E-state index in [1.165, 1.54) is 0 Å². The molecule has 0 spiro atoms. The van der Waals surface area contributed by atoms with Gasteiger partial charge >= 0.3 is 5.97 Å². The zero-order valence-corrected chi connectivity index (χ0v) is 25.1. The average molecular weight is 618 g/mol. The first-order valence-corrected chi connectivity index (χ1v) is 14.8. The standard InChI is InChI=1S/C32H39N7O6/c1-3-17(2)28(34)31(43)38-25(13-19-16-36-23-11-7-5-9-21(19)23)29(41)37-24(30(42)39-26(32(44)45)14-27(33)40)12-18-15-35-22-10-6-4-8-20(18)22/h4-11,15-17,24-26,28,35-36H,3,12-14,34H2,1-2H3,(H2,33,40)(H,37,41)(H,38,43)(H,39,42)(H,44,45). The van der Waals surface area contributed by atoms with Crippen molar-refractivity contribution in [3.63, 3.8) is 0 Å². The van der Waals surface area contributed by atoms with Crippen LogP contribution in [0.1, 0.15) is 37.8 Å². The van der Waals surface area contributed by atoms with Gasteiger partial charge in [-0.15, -0.1) is 0 Å². The van der Waals surface area contributed by atoms with Gasteiger partial charge in [0.1, 0.15) is 18.1 Å². The third kappa shape index (κ3) is 8.06. The van der Waals surface area contributed by atoms with Crippen LogP contribution >= 0.6 is 0 Å². The van der Waals surface area contributed by atoms with Crippen LogP contribution in [0.5, 0.6) is 0 Å². The van der Waals surface area contributed by atoms with Gasteiger partial charge in [-0.3, -0.25) is 19.2 Å². The molecule has 4 rings (SSSR count). The van der Waals surface area contributed by atoms with Crippen molar-refractivity contribution in [2.24, 2.45) is 17.4 Å². The summed E-state index contributed by atoms with van der Waals surface area (Å²) < 4.78 is 0. The van der Waals surface area contributed by atoms with Gasteiger partial charge in [0, 0.05) is 47.0 Å². The molecule has 0 bridgehead atoms. The minimum Gasteiger partial charge on any atom is -0.480 e. The number of H-pyrrole nitrogens is 2. The second kappa shape index (κ2) is 14.5. The van der Waals surface area contributed by atoms with Gasteiger partial charge in [-0.1, -0.05) is 56.7 Å². The number of carboxylic acid groups (broad SMARTS) is 1. The lowest BCUT2D eigenvalue weighted by molar-refractivity contribution is -0.143. The molecule has 0 fully saturated rings. The molecule has 238 valence electrons. The highest BCUT2D eigenvalue weighted by Gasteiger charge is 2.32. The van der Waals surface area contributed by atoms with Gasteiger partial charge in [0.2, 0.25) is 23.6 Å². The summed E-state index contributed by atoms with van der Waals surface area (Å²) in [7, 11) is 0. The van der Waals surface area contributed by atoms with Crippen molar-refractivity contribution < 1.29 is 29.1 Å². The van der Waals surface area contributed by atoms with Crippen LogP contribution in [0.25, 0.3) is 21.8 Å². The topological polar surface area (TPSA) is 225 Å². The minimum atomic E-state index is -1.60. The Bertz CT molecular complexity index is 1700. The molecule has 0 aliphatic rings. The maximum Gasteiger partial charge on any atom is 0.326 e. The summed E-state index contributed by atoms with van der Waals surface area (Å²) in [5.74, 6) is -4.56. The first-order chi connectivity index (χ1) is 21.5. The van der Waals surface area contributed by atoms with E-state index in [-0.39, 0.29) is 18.8 Å². The van der Waals surface area contributed by atoms with Crippen molar-refractivity contribution in [2.45, 2.75) is 63.7 Å². The molecule has 4 amide bonds. The van der Waals surface area contributed by atoms with Crippen LogP contribution in [0.4, 0.5) is 0 Å². The molecule has 10 N–H and O–H groups in total. The number of para-hydroxylation sites is 2. The number of rotatable bonds is 15. The number of carboxylic acids is 1. The normalized spacial score (nSPS) is 14.6. The molecule has 2 heterocycles. The number of amides is 4. The molecule has 4 aromatic rings. The monoisotopic (exact) mass is 617 g/mol. The second-order valence-corrected chi connectivity index (χ2v) is 11.2. The van der Waals surface area contributed by atoms with Crippen molar-refractivity contribution in [3.8, 4) is 0 Å². The summed E-state index contributed by atoms with van der Waals surface area (Å²) in [6.45, 7) is 3.75. The number of hydrogen-bond donors (Lipinski definition) is 8. The first-order valence-electron chi connectivity index (χ1n) is 14.8. The summed E-state index contributed by atoms with van der Waals surface area (Å²) in [5, 5.41) is 19.1. The molecule has 5 unspecified atom stereocenters. The summed E-state index contributed by atoms with van der Waals surface area (Å²) in [6.07, 6.45) is 3.52. The van der Waals surface area contributed by atoms with Gasteiger partial charge in [-0.25, -0.2) is 4.79 Å². The highest BCUT2D eigenvalue weighted by molar-refractivity contribution is 5.96. The van der Waals surface area contributed by atoms with Gasteiger partial charge < -0.3 is 42.5 Å². The summed E-state index contributed by atoms with van der Waals surface area (Å²) in [5.41, 5.74) is 14.5. The Kier molecular flexibility index (Phi) is 10.6. The van der Waals surface area contributed by atoms with Crippen molar-refractivity contribution in [3.05, 3.63) is 72.1 Å². The molecule has 0 radical (unpaired) electrons. The van der Waals surface area contributed by atoms with E-state index in [0.717, 1.165) is 27.4 Å². The number of fused-ring (bicyclic) bond motifs is 2. The van der Waals surface area contributed by atoms with Crippen LogP contribution < -0.4 is 27.4 Å². The maximum absolute atomic E-state index is 14.0. The molecule has 45 heavy (non-hydrogen) atoms. The lowest BCUT2D eigenvalue weighted by atomic mass is 9.97. The highest BCUT2D eigenvalue weighted by Crippen LogP contribution is 2.21. The average Bonchev–Trinajstić information content (AvgIpc) is 3.62. The third-order valence-electron chi connectivity index (χ3n) is 8.04. The molecule has 0 aliphatic heterocycles. The third-order valence-corrected chi connectivity index (χ3v) is 8.04. The van der Waals surface area contributed by atoms with E-state index < -0.39 is 60.2 Å². The molecule has 13 heteroatoms. The zero-order valence-electron chi connectivity index (χ0n) is 25.1. The van der Waals surface area contributed by atoms with Crippen LogP contribution in [-0.2, 0) is 36.8 Å². The van der Waals surface area contributed by atoms with E-state index in [2.05, 4.69) is 25.9 Å². The number of carbonyl (C=O) groups is 5. The van der Waals surface area contributed by atoms with Crippen molar-refractivity contribution in [1.29, 1.82) is 0 Å². The Morgan fingerprint density at radius 3 is 1.64 bits per heavy atom. The van der Waals surface area contributed by atoms with Gasteiger partial charge in [0.25, 0.3) is 0 Å². The summed E-state index contributed by atoms with van der Waals surface area (Å²) >= 11 is 0. The van der Waals surface area contributed by atoms with E-state index in [1.54, 1.807) is 12.4 Å². The van der Waals surface area contributed by atoms with Gasteiger partial charge in [-0.2, -0.15) is 0 Å². The Morgan fingerprint density at radius 2 is 1.20 bits per heavy atom. The van der Waals surface area contributed by atoms with Crippen molar-refractivity contribution >= 4 is 51.4 Å². The van der Waals surface area contributed by atoms with Crippen LogP contribution in [0.2, 0.25) is 0 Å². The summed E-state index contributed by atoms with van der Waals surface area (Å²) in [6, 6.07) is 9.99. The molecular weight excluding hydrogens is 578 g/mol. The number of aromatic amines is 2. The number of primary amides is 1. The van der Waals surface area contributed by atoms with E-state index in [0.29, 0.717) is 12.0 Å². The maximum atomic E-state index is 14.0. The molecule has 2 aromatic heterocycles. The molecule has 2 aromatic carbocycles. The highest BCUT2D eigenvalue weighted by atomic mass is 16.4.